The van der Waals surface area contributed by atoms with Crippen molar-refractivity contribution in [3.8, 4) is 0 Å². The highest BCUT2D eigenvalue weighted by Gasteiger charge is 2.27. The molecule has 0 spiro atoms. The number of sulfone groups is 1. The van der Waals surface area contributed by atoms with Crippen molar-refractivity contribution in [1.29, 1.82) is 0 Å². The predicted molar refractivity (Wildman–Crippen MR) is 76.2 cm³/mol. The third kappa shape index (κ3) is 2.31. The van der Waals surface area contributed by atoms with E-state index in [-0.39, 0.29) is 29.2 Å². The van der Waals surface area contributed by atoms with Gasteiger partial charge in [0.1, 0.15) is 21.2 Å². The number of nitrogens with zero attached hydrogens (tertiary/aromatic N) is 2. The van der Waals surface area contributed by atoms with Crippen molar-refractivity contribution in [1.82, 2.24) is 9.55 Å². The lowest BCUT2D eigenvalue weighted by atomic mass is 10.1. The summed E-state index contributed by atoms with van der Waals surface area (Å²) >= 11 is 5.91. The summed E-state index contributed by atoms with van der Waals surface area (Å²) in [6.07, 6.45) is 1.04. The van der Waals surface area contributed by atoms with Gasteiger partial charge in [-0.25, -0.2) is 17.8 Å². The van der Waals surface area contributed by atoms with Gasteiger partial charge in [0.2, 0.25) is 0 Å². The molecule has 0 aliphatic carbocycles. The second-order valence-electron chi connectivity index (χ2n) is 5.02. The number of alkyl halides is 1. The van der Waals surface area contributed by atoms with E-state index in [4.69, 9.17) is 11.6 Å². The van der Waals surface area contributed by atoms with Crippen molar-refractivity contribution in [2.24, 2.45) is 0 Å². The highest BCUT2D eigenvalue weighted by molar-refractivity contribution is 7.91. The van der Waals surface area contributed by atoms with Crippen LogP contribution in [0.5, 0.6) is 0 Å². The standard InChI is InChI=1S/C13H14ClFN2O2S/c14-8-12-16-13-10(15)2-1-3-11(13)17(12)9-4-6-20(18,19)7-5-9/h1-3,9H,4-8H2. The number of halogens is 2. The Kier molecular flexibility index (Phi) is 3.46. The molecule has 2 aromatic rings. The second kappa shape index (κ2) is 5.00. The first kappa shape index (κ1) is 13.8. The molecule has 0 saturated carbocycles. The van der Waals surface area contributed by atoms with Crippen LogP contribution in [-0.2, 0) is 15.7 Å². The van der Waals surface area contributed by atoms with E-state index in [0.29, 0.717) is 29.7 Å². The molecule has 1 aliphatic heterocycles. The van der Waals surface area contributed by atoms with Gasteiger partial charge in [-0.15, -0.1) is 11.6 Å². The Balaban J connectivity index is 2.09. The first-order chi connectivity index (χ1) is 9.52. The molecule has 0 bridgehead atoms. The van der Waals surface area contributed by atoms with E-state index in [1.807, 2.05) is 4.57 Å². The van der Waals surface area contributed by atoms with E-state index < -0.39 is 9.84 Å². The van der Waals surface area contributed by atoms with Gasteiger partial charge in [0.15, 0.2) is 5.82 Å². The van der Waals surface area contributed by atoms with Gasteiger partial charge in [-0.3, -0.25) is 0 Å². The van der Waals surface area contributed by atoms with E-state index in [1.165, 1.54) is 6.07 Å². The summed E-state index contributed by atoms with van der Waals surface area (Å²) in [6, 6.07) is 4.81. The van der Waals surface area contributed by atoms with Gasteiger partial charge >= 0.3 is 0 Å². The largest absolute Gasteiger partial charge is 0.324 e. The molecule has 0 radical (unpaired) electrons. The highest BCUT2D eigenvalue weighted by Crippen LogP contribution is 2.31. The van der Waals surface area contributed by atoms with Crippen LogP contribution in [0.3, 0.4) is 0 Å². The van der Waals surface area contributed by atoms with E-state index >= 15 is 0 Å². The molecule has 108 valence electrons. The maximum atomic E-state index is 13.8. The summed E-state index contributed by atoms with van der Waals surface area (Å²) in [5, 5.41) is 0. The Morgan fingerprint density at radius 1 is 1.35 bits per heavy atom. The van der Waals surface area contributed by atoms with Gasteiger partial charge in [-0.2, -0.15) is 0 Å². The zero-order valence-corrected chi connectivity index (χ0v) is 12.3. The van der Waals surface area contributed by atoms with Gasteiger partial charge in [0.05, 0.1) is 22.9 Å². The minimum Gasteiger partial charge on any atom is -0.324 e. The van der Waals surface area contributed by atoms with Crippen LogP contribution in [0.25, 0.3) is 11.0 Å². The Morgan fingerprint density at radius 2 is 2.05 bits per heavy atom. The molecule has 1 aromatic carbocycles. The molecular weight excluding hydrogens is 303 g/mol. The van der Waals surface area contributed by atoms with E-state index in [9.17, 15) is 12.8 Å². The van der Waals surface area contributed by atoms with Crippen molar-refractivity contribution < 1.29 is 12.8 Å². The fourth-order valence-electron chi connectivity index (χ4n) is 2.77. The molecule has 1 aliphatic rings. The third-order valence-corrected chi connectivity index (χ3v) is 5.71. The first-order valence-corrected chi connectivity index (χ1v) is 8.79. The van der Waals surface area contributed by atoms with E-state index in [2.05, 4.69) is 4.98 Å². The lowest BCUT2D eigenvalue weighted by Gasteiger charge is -2.25. The van der Waals surface area contributed by atoms with Crippen LogP contribution >= 0.6 is 11.6 Å². The fraction of sp³-hybridized carbons (Fsp3) is 0.462. The number of benzene rings is 1. The van der Waals surface area contributed by atoms with Crippen molar-refractivity contribution in [2.45, 2.75) is 24.8 Å². The van der Waals surface area contributed by atoms with Crippen molar-refractivity contribution in [2.75, 3.05) is 11.5 Å². The molecule has 20 heavy (non-hydrogen) atoms. The van der Waals surface area contributed by atoms with Gasteiger partial charge in [0, 0.05) is 6.04 Å². The number of rotatable bonds is 2. The normalized spacial score (nSPS) is 19.5. The number of aromatic nitrogens is 2. The summed E-state index contributed by atoms with van der Waals surface area (Å²) in [5.74, 6) is 0.715. The maximum Gasteiger partial charge on any atom is 0.151 e. The zero-order valence-electron chi connectivity index (χ0n) is 10.7. The van der Waals surface area contributed by atoms with Crippen molar-refractivity contribution in [3.63, 3.8) is 0 Å². The SMILES string of the molecule is O=S1(=O)CCC(n2c(CCl)nc3c(F)cccc32)CC1. The monoisotopic (exact) mass is 316 g/mol. The summed E-state index contributed by atoms with van der Waals surface area (Å²) < 4.78 is 38.7. The van der Waals surface area contributed by atoms with Crippen LogP contribution in [0, 0.1) is 5.82 Å². The molecule has 2 heterocycles. The number of imidazole rings is 1. The molecule has 1 aromatic heterocycles. The molecule has 0 amide bonds. The molecule has 7 heteroatoms. The molecule has 4 nitrogen and oxygen atoms in total. The Hall–Kier alpha value is -1.14. The lowest BCUT2D eigenvalue weighted by Crippen LogP contribution is -2.26. The zero-order chi connectivity index (χ0) is 14.3. The lowest BCUT2D eigenvalue weighted by molar-refractivity contribution is 0.450. The summed E-state index contributed by atoms with van der Waals surface area (Å²) in [5.41, 5.74) is 0.988. The third-order valence-electron chi connectivity index (χ3n) is 3.75. The number of hydrogen-bond donors (Lipinski definition) is 0. The minimum absolute atomic E-state index is 0.0130. The fourth-order valence-corrected chi connectivity index (χ4v) is 4.42. The Morgan fingerprint density at radius 3 is 2.70 bits per heavy atom. The van der Waals surface area contributed by atoms with Crippen LogP contribution < -0.4 is 0 Å². The Labute approximate surface area is 121 Å². The summed E-state index contributed by atoms with van der Waals surface area (Å²) in [7, 11) is -2.93. The van der Waals surface area contributed by atoms with Crippen molar-refractivity contribution >= 4 is 32.5 Å². The molecule has 1 saturated heterocycles. The van der Waals surface area contributed by atoms with Crippen LogP contribution in [0.2, 0.25) is 0 Å². The highest BCUT2D eigenvalue weighted by atomic mass is 35.5. The Bertz CT molecular complexity index is 743. The van der Waals surface area contributed by atoms with Crippen LogP contribution in [0.1, 0.15) is 24.7 Å². The topological polar surface area (TPSA) is 52.0 Å². The molecule has 1 fully saturated rings. The molecule has 0 atom stereocenters. The predicted octanol–water partition coefficient (Wildman–Crippen LogP) is 2.66. The molecule has 3 rings (SSSR count). The quantitative estimate of drug-likeness (QED) is 0.800. The van der Waals surface area contributed by atoms with E-state index in [0.717, 1.165) is 0 Å². The van der Waals surface area contributed by atoms with Gasteiger partial charge < -0.3 is 4.57 Å². The number of fused-ring (bicyclic) bond motifs is 1. The van der Waals surface area contributed by atoms with Crippen molar-refractivity contribution in [3.05, 3.63) is 29.8 Å². The summed E-state index contributed by atoms with van der Waals surface area (Å²) in [4.78, 5) is 4.25. The van der Waals surface area contributed by atoms with Gasteiger partial charge in [-0.05, 0) is 25.0 Å². The smallest absolute Gasteiger partial charge is 0.151 e. The second-order valence-corrected chi connectivity index (χ2v) is 7.59. The average molecular weight is 317 g/mol. The maximum absolute atomic E-state index is 13.8. The molecule has 0 unspecified atom stereocenters. The molecular formula is C13H14ClFN2O2S. The number of para-hydroxylation sites is 1. The minimum atomic E-state index is -2.93. The molecule has 0 N–H and O–H groups in total. The van der Waals surface area contributed by atoms with Gasteiger partial charge in [0.25, 0.3) is 0 Å². The van der Waals surface area contributed by atoms with Crippen LogP contribution in [0.15, 0.2) is 18.2 Å². The van der Waals surface area contributed by atoms with Crippen LogP contribution in [-0.4, -0.2) is 29.5 Å². The number of hydrogen-bond acceptors (Lipinski definition) is 3. The van der Waals surface area contributed by atoms with Gasteiger partial charge in [-0.1, -0.05) is 6.07 Å². The average Bonchev–Trinajstić information content (AvgIpc) is 2.79. The summed E-state index contributed by atoms with van der Waals surface area (Å²) in [6.45, 7) is 0. The first-order valence-electron chi connectivity index (χ1n) is 6.43. The van der Waals surface area contributed by atoms with Crippen LogP contribution in [0.4, 0.5) is 4.39 Å². The van der Waals surface area contributed by atoms with E-state index in [1.54, 1.807) is 12.1 Å².